The third-order valence-corrected chi connectivity index (χ3v) is 2.48. The fraction of sp³-hybridized carbons (Fsp3) is 0.154. The molecule has 0 spiro atoms. The van der Waals surface area contributed by atoms with Gasteiger partial charge in [-0.05, 0) is 11.6 Å². The minimum atomic E-state index is 0.616. The van der Waals surface area contributed by atoms with E-state index in [1.54, 1.807) is 0 Å². The molecule has 0 aliphatic heterocycles. The Kier molecular flexibility index (Phi) is 3.54. The Balaban J connectivity index is 2.20. The molecule has 16 heavy (non-hydrogen) atoms. The molecule has 0 radical (unpaired) electrons. The first kappa shape index (κ1) is 11.1. The van der Waals surface area contributed by atoms with E-state index in [0.29, 0.717) is 11.6 Å². The van der Waals surface area contributed by atoms with Gasteiger partial charge in [0, 0.05) is 29.7 Å². The minimum absolute atomic E-state index is 0.616. The summed E-state index contributed by atoms with van der Waals surface area (Å²) in [5.74, 6) is 0. The van der Waals surface area contributed by atoms with Gasteiger partial charge in [-0.1, -0.05) is 42.4 Å². The zero-order chi connectivity index (χ0) is 11.4. The van der Waals surface area contributed by atoms with Gasteiger partial charge in [0.1, 0.15) is 0 Å². The van der Waals surface area contributed by atoms with E-state index in [2.05, 4.69) is 35.1 Å². The van der Waals surface area contributed by atoms with Crippen LogP contribution in [0, 0.1) is 0 Å². The SMILES string of the molecule is C=C(Cl)CNCc1cccc2cccnc12. The average Bonchev–Trinajstić information content (AvgIpc) is 2.29. The quantitative estimate of drug-likeness (QED) is 0.877. The summed E-state index contributed by atoms with van der Waals surface area (Å²) in [5, 5.41) is 5.00. The van der Waals surface area contributed by atoms with E-state index in [1.165, 1.54) is 5.56 Å². The van der Waals surface area contributed by atoms with E-state index in [-0.39, 0.29) is 0 Å². The second-order valence-corrected chi connectivity index (χ2v) is 4.15. The normalized spacial score (nSPS) is 10.6. The van der Waals surface area contributed by atoms with Crippen LogP contribution in [-0.2, 0) is 6.54 Å². The maximum Gasteiger partial charge on any atom is 0.0746 e. The van der Waals surface area contributed by atoms with Crippen LogP contribution in [0.3, 0.4) is 0 Å². The maximum atomic E-state index is 5.69. The Labute approximate surface area is 100.0 Å². The number of benzene rings is 1. The lowest BCUT2D eigenvalue weighted by atomic mass is 10.1. The monoisotopic (exact) mass is 232 g/mol. The molecule has 0 saturated carbocycles. The highest BCUT2D eigenvalue weighted by Gasteiger charge is 2.00. The van der Waals surface area contributed by atoms with Crippen molar-refractivity contribution in [2.45, 2.75) is 6.54 Å². The second kappa shape index (κ2) is 5.10. The third-order valence-electron chi connectivity index (χ3n) is 2.35. The first-order valence-corrected chi connectivity index (χ1v) is 5.52. The number of hydrogen-bond acceptors (Lipinski definition) is 2. The van der Waals surface area contributed by atoms with Gasteiger partial charge in [-0.2, -0.15) is 0 Å². The Bertz CT molecular complexity index is 503. The van der Waals surface area contributed by atoms with Crippen LogP contribution in [-0.4, -0.2) is 11.5 Å². The fourth-order valence-electron chi connectivity index (χ4n) is 1.64. The molecule has 2 nitrogen and oxygen atoms in total. The van der Waals surface area contributed by atoms with Gasteiger partial charge in [-0.15, -0.1) is 0 Å². The fourth-order valence-corrected chi connectivity index (χ4v) is 1.74. The van der Waals surface area contributed by atoms with Crippen LogP contribution in [0.15, 0.2) is 48.1 Å². The van der Waals surface area contributed by atoms with Gasteiger partial charge in [0.15, 0.2) is 0 Å². The number of hydrogen-bond donors (Lipinski definition) is 1. The molecule has 3 heteroatoms. The highest BCUT2D eigenvalue weighted by Crippen LogP contribution is 2.15. The van der Waals surface area contributed by atoms with Crippen LogP contribution in [0.4, 0.5) is 0 Å². The molecule has 1 aromatic heterocycles. The van der Waals surface area contributed by atoms with Gasteiger partial charge >= 0.3 is 0 Å². The van der Waals surface area contributed by atoms with E-state index >= 15 is 0 Å². The lowest BCUT2D eigenvalue weighted by molar-refractivity contribution is 0.758. The van der Waals surface area contributed by atoms with Crippen molar-refractivity contribution in [2.24, 2.45) is 0 Å². The van der Waals surface area contributed by atoms with Crippen LogP contribution < -0.4 is 5.32 Å². The van der Waals surface area contributed by atoms with Crippen LogP contribution >= 0.6 is 11.6 Å². The van der Waals surface area contributed by atoms with Crippen molar-refractivity contribution < 1.29 is 0 Å². The molecule has 0 bridgehead atoms. The summed E-state index contributed by atoms with van der Waals surface area (Å²) in [5.41, 5.74) is 2.22. The molecule has 0 atom stereocenters. The molecule has 0 fully saturated rings. The molecule has 82 valence electrons. The zero-order valence-electron chi connectivity index (χ0n) is 8.91. The standard InChI is InChI=1S/C13H13ClN2/c1-10(14)8-15-9-12-5-2-4-11-6-3-7-16-13(11)12/h2-7,15H,1,8-9H2. The molecule has 0 saturated heterocycles. The number of pyridine rings is 1. The van der Waals surface area contributed by atoms with Crippen LogP contribution in [0.5, 0.6) is 0 Å². The molecule has 1 N–H and O–H groups in total. The van der Waals surface area contributed by atoms with E-state index in [9.17, 15) is 0 Å². The Morgan fingerprint density at radius 3 is 2.94 bits per heavy atom. The van der Waals surface area contributed by atoms with Crippen molar-refractivity contribution in [1.82, 2.24) is 10.3 Å². The van der Waals surface area contributed by atoms with Gasteiger partial charge in [0.2, 0.25) is 0 Å². The van der Waals surface area contributed by atoms with Gasteiger partial charge in [-0.25, -0.2) is 0 Å². The number of rotatable bonds is 4. The summed E-state index contributed by atoms with van der Waals surface area (Å²) < 4.78 is 0. The number of nitrogens with zero attached hydrogens (tertiary/aromatic N) is 1. The highest BCUT2D eigenvalue weighted by atomic mass is 35.5. The number of fused-ring (bicyclic) bond motifs is 1. The topological polar surface area (TPSA) is 24.9 Å². The van der Waals surface area contributed by atoms with Crippen LogP contribution in [0.25, 0.3) is 10.9 Å². The molecule has 0 aliphatic carbocycles. The predicted molar refractivity (Wildman–Crippen MR) is 68.4 cm³/mol. The molecular weight excluding hydrogens is 220 g/mol. The van der Waals surface area contributed by atoms with Gasteiger partial charge < -0.3 is 5.32 Å². The third kappa shape index (κ3) is 2.60. The van der Waals surface area contributed by atoms with E-state index in [1.807, 2.05) is 18.3 Å². The first-order chi connectivity index (χ1) is 7.77. The molecule has 2 aromatic rings. The van der Waals surface area contributed by atoms with E-state index in [0.717, 1.165) is 17.4 Å². The summed E-state index contributed by atoms with van der Waals surface area (Å²) >= 11 is 5.69. The minimum Gasteiger partial charge on any atom is -0.308 e. The van der Waals surface area contributed by atoms with E-state index in [4.69, 9.17) is 11.6 Å². The van der Waals surface area contributed by atoms with Crippen LogP contribution in [0.1, 0.15) is 5.56 Å². The average molecular weight is 233 g/mol. The molecule has 0 amide bonds. The smallest absolute Gasteiger partial charge is 0.0746 e. The number of halogens is 1. The summed E-state index contributed by atoms with van der Waals surface area (Å²) in [6.07, 6.45) is 1.81. The molecular formula is C13H13ClN2. The first-order valence-electron chi connectivity index (χ1n) is 5.14. The second-order valence-electron chi connectivity index (χ2n) is 3.61. The van der Waals surface area contributed by atoms with Crippen molar-refractivity contribution in [2.75, 3.05) is 6.54 Å². The highest BCUT2D eigenvalue weighted by molar-refractivity contribution is 6.29. The van der Waals surface area contributed by atoms with Crippen molar-refractivity contribution in [3.8, 4) is 0 Å². The maximum absolute atomic E-state index is 5.69. The Morgan fingerprint density at radius 1 is 1.31 bits per heavy atom. The van der Waals surface area contributed by atoms with Crippen LogP contribution in [0.2, 0.25) is 0 Å². The summed E-state index contributed by atoms with van der Waals surface area (Å²) in [6, 6.07) is 10.2. The van der Waals surface area contributed by atoms with Crippen molar-refractivity contribution in [3.05, 3.63) is 53.7 Å². The molecule has 0 aliphatic rings. The lowest BCUT2D eigenvalue weighted by Crippen LogP contribution is -2.14. The molecule has 1 heterocycles. The summed E-state index contributed by atoms with van der Waals surface area (Å²) in [6.45, 7) is 5.00. The van der Waals surface area contributed by atoms with Gasteiger partial charge in [-0.3, -0.25) is 4.98 Å². The number of aromatic nitrogens is 1. The van der Waals surface area contributed by atoms with Gasteiger partial charge in [0.25, 0.3) is 0 Å². The van der Waals surface area contributed by atoms with Gasteiger partial charge in [0.05, 0.1) is 5.52 Å². The van der Waals surface area contributed by atoms with Crippen molar-refractivity contribution >= 4 is 22.5 Å². The molecule has 1 aromatic carbocycles. The largest absolute Gasteiger partial charge is 0.308 e. The zero-order valence-corrected chi connectivity index (χ0v) is 9.67. The molecule has 2 rings (SSSR count). The lowest BCUT2D eigenvalue weighted by Gasteiger charge is -2.06. The predicted octanol–water partition coefficient (Wildman–Crippen LogP) is 3.08. The Hall–Kier alpha value is -1.38. The molecule has 0 unspecified atom stereocenters. The summed E-state index contributed by atoms with van der Waals surface area (Å²) in [4.78, 5) is 4.38. The summed E-state index contributed by atoms with van der Waals surface area (Å²) in [7, 11) is 0. The van der Waals surface area contributed by atoms with Crippen molar-refractivity contribution in [3.63, 3.8) is 0 Å². The number of para-hydroxylation sites is 1. The Morgan fingerprint density at radius 2 is 2.12 bits per heavy atom. The van der Waals surface area contributed by atoms with Crippen molar-refractivity contribution in [1.29, 1.82) is 0 Å². The van der Waals surface area contributed by atoms with E-state index < -0.39 is 0 Å². The number of nitrogens with one attached hydrogen (secondary N) is 1.